The minimum atomic E-state index is -0.523. The number of hydrogen-bond acceptors (Lipinski definition) is 3. The molecule has 3 aromatic rings. The number of benzene rings is 2. The predicted octanol–water partition coefficient (Wildman–Crippen LogP) is 3.79. The van der Waals surface area contributed by atoms with Crippen molar-refractivity contribution in [2.75, 3.05) is 5.32 Å². The second kappa shape index (κ2) is 6.86. The van der Waals surface area contributed by atoms with Crippen molar-refractivity contribution in [3.05, 3.63) is 86.8 Å². The molecular formula is C17H11Cl2N3O2. The van der Waals surface area contributed by atoms with Crippen molar-refractivity contribution in [3.8, 4) is 5.69 Å². The van der Waals surface area contributed by atoms with Gasteiger partial charge in [0, 0.05) is 11.3 Å². The lowest BCUT2D eigenvalue weighted by molar-refractivity contribution is 0.102. The Labute approximate surface area is 147 Å². The standard InChI is InChI=1S/C17H11Cl2N3O2/c18-14-10-20-22(17(24)15(14)19)13-8-6-11(7-9-13)16(23)21-12-4-2-1-3-5-12/h1-10H,(H,21,23). The molecule has 5 nitrogen and oxygen atoms in total. The molecule has 0 atom stereocenters. The zero-order valence-corrected chi connectivity index (χ0v) is 13.8. The largest absolute Gasteiger partial charge is 0.322 e. The molecule has 0 spiro atoms. The van der Waals surface area contributed by atoms with Crippen LogP contribution in [0.3, 0.4) is 0 Å². The first-order chi connectivity index (χ1) is 11.6. The van der Waals surface area contributed by atoms with Crippen molar-refractivity contribution in [1.29, 1.82) is 0 Å². The van der Waals surface area contributed by atoms with E-state index in [0.29, 0.717) is 16.9 Å². The molecule has 0 aliphatic rings. The number of carbonyl (C=O) groups is 1. The Hall–Kier alpha value is -2.63. The molecule has 2 aromatic carbocycles. The van der Waals surface area contributed by atoms with Crippen LogP contribution in [0.4, 0.5) is 5.69 Å². The number of aromatic nitrogens is 2. The lowest BCUT2D eigenvalue weighted by Crippen LogP contribution is -2.21. The zero-order valence-electron chi connectivity index (χ0n) is 12.2. The summed E-state index contributed by atoms with van der Waals surface area (Å²) in [5.74, 6) is -0.248. The first-order valence-electron chi connectivity index (χ1n) is 6.96. The molecule has 0 unspecified atom stereocenters. The van der Waals surface area contributed by atoms with E-state index in [0.717, 1.165) is 4.68 Å². The number of nitrogens with one attached hydrogen (secondary N) is 1. The van der Waals surface area contributed by atoms with Crippen LogP contribution in [-0.2, 0) is 0 Å². The average Bonchev–Trinajstić information content (AvgIpc) is 2.61. The molecule has 1 heterocycles. The minimum absolute atomic E-state index is 0.0942. The van der Waals surface area contributed by atoms with Crippen molar-refractivity contribution >= 4 is 34.8 Å². The van der Waals surface area contributed by atoms with Gasteiger partial charge in [0.2, 0.25) is 0 Å². The Morgan fingerprint density at radius 1 is 1.00 bits per heavy atom. The molecule has 7 heteroatoms. The first kappa shape index (κ1) is 16.2. The molecule has 1 amide bonds. The van der Waals surface area contributed by atoms with E-state index < -0.39 is 5.56 Å². The van der Waals surface area contributed by atoms with Crippen LogP contribution in [0.15, 0.2) is 65.6 Å². The summed E-state index contributed by atoms with van der Waals surface area (Å²) in [6.07, 6.45) is 1.29. The van der Waals surface area contributed by atoms with Gasteiger partial charge >= 0.3 is 0 Å². The van der Waals surface area contributed by atoms with Gasteiger partial charge in [-0.05, 0) is 36.4 Å². The van der Waals surface area contributed by atoms with Gasteiger partial charge in [-0.15, -0.1) is 0 Å². The summed E-state index contributed by atoms with van der Waals surface area (Å²) in [5.41, 5.74) is 1.12. The van der Waals surface area contributed by atoms with Gasteiger partial charge in [0.25, 0.3) is 11.5 Å². The van der Waals surface area contributed by atoms with E-state index in [4.69, 9.17) is 23.2 Å². The summed E-state index contributed by atoms with van der Waals surface area (Å²) in [5, 5.41) is 6.72. The van der Waals surface area contributed by atoms with E-state index in [1.807, 2.05) is 18.2 Å². The summed E-state index contributed by atoms with van der Waals surface area (Å²) in [6, 6.07) is 15.6. The average molecular weight is 360 g/mol. The first-order valence-corrected chi connectivity index (χ1v) is 7.72. The number of anilines is 1. The van der Waals surface area contributed by atoms with Gasteiger partial charge < -0.3 is 5.32 Å². The second-order valence-electron chi connectivity index (χ2n) is 4.89. The van der Waals surface area contributed by atoms with Crippen LogP contribution in [0, 0.1) is 0 Å². The lowest BCUT2D eigenvalue weighted by atomic mass is 10.2. The van der Waals surface area contributed by atoms with E-state index >= 15 is 0 Å². The summed E-state index contributed by atoms with van der Waals surface area (Å²) < 4.78 is 1.12. The molecule has 0 bridgehead atoms. The molecule has 0 aliphatic carbocycles. The molecule has 0 radical (unpaired) electrons. The Balaban J connectivity index is 1.85. The van der Waals surface area contributed by atoms with Crippen LogP contribution in [0.1, 0.15) is 10.4 Å². The number of rotatable bonds is 3. The maximum absolute atomic E-state index is 12.2. The van der Waals surface area contributed by atoms with E-state index in [9.17, 15) is 9.59 Å². The molecule has 120 valence electrons. The molecule has 0 aliphatic heterocycles. The number of para-hydroxylation sites is 1. The summed E-state index contributed by atoms with van der Waals surface area (Å²) >= 11 is 11.6. The van der Waals surface area contributed by atoms with Gasteiger partial charge in [-0.1, -0.05) is 41.4 Å². The van der Waals surface area contributed by atoms with Crippen molar-refractivity contribution in [2.24, 2.45) is 0 Å². The SMILES string of the molecule is O=C(Nc1ccccc1)c1ccc(-n2ncc(Cl)c(Cl)c2=O)cc1. The smallest absolute Gasteiger partial charge is 0.291 e. The normalized spacial score (nSPS) is 10.4. The van der Waals surface area contributed by atoms with Crippen LogP contribution in [0.5, 0.6) is 0 Å². The van der Waals surface area contributed by atoms with Crippen LogP contribution >= 0.6 is 23.2 Å². The summed E-state index contributed by atoms with van der Waals surface area (Å²) in [7, 11) is 0. The fourth-order valence-corrected chi connectivity index (χ4v) is 2.33. The maximum Gasteiger partial charge on any atom is 0.291 e. The lowest BCUT2D eigenvalue weighted by Gasteiger charge is -2.08. The quantitative estimate of drug-likeness (QED) is 0.773. The van der Waals surface area contributed by atoms with Crippen LogP contribution in [0.2, 0.25) is 10.0 Å². The number of nitrogens with zero attached hydrogens (tertiary/aromatic N) is 2. The van der Waals surface area contributed by atoms with Gasteiger partial charge in [-0.2, -0.15) is 9.78 Å². The van der Waals surface area contributed by atoms with Crippen molar-refractivity contribution in [1.82, 2.24) is 9.78 Å². The Kier molecular flexibility index (Phi) is 4.64. The van der Waals surface area contributed by atoms with Gasteiger partial charge in [0.1, 0.15) is 5.02 Å². The molecule has 0 fully saturated rings. The van der Waals surface area contributed by atoms with Gasteiger partial charge in [-0.25, -0.2) is 0 Å². The monoisotopic (exact) mass is 359 g/mol. The van der Waals surface area contributed by atoms with E-state index in [-0.39, 0.29) is 16.0 Å². The molecule has 0 saturated heterocycles. The highest BCUT2D eigenvalue weighted by Gasteiger charge is 2.10. The predicted molar refractivity (Wildman–Crippen MR) is 94.2 cm³/mol. The Morgan fingerprint density at radius 2 is 1.67 bits per heavy atom. The minimum Gasteiger partial charge on any atom is -0.322 e. The van der Waals surface area contributed by atoms with Crippen molar-refractivity contribution in [2.45, 2.75) is 0 Å². The molecule has 1 N–H and O–H groups in total. The molecule has 24 heavy (non-hydrogen) atoms. The molecular weight excluding hydrogens is 349 g/mol. The highest BCUT2D eigenvalue weighted by atomic mass is 35.5. The third-order valence-corrected chi connectivity index (χ3v) is 4.03. The Bertz CT molecular complexity index is 938. The molecule has 0 saturated carbocycles. The van der Waals surface area contributed by atoms with E-state index in [1.54, 1.807) is 36.4 Å². The summed E-state index contributed by atoms with van der Waals surface area (Å²) in [6.45, 7) is 0. The highest BCUT2D eigenvalue weighted by Crippen LogP contribution is 2.17. The topological polar surface area (TPSA) is 64.0 Å². The van der Waals surface area contributed by atoms with E-state index in [1.165, 1.54) is 6.20 Å². The number of halogens is 2. The van der Waals surface area contributed by atoms with Gasteiger partial charge in [-0.3, -0.25) is 9.59 Å². The Morgan fingerprint density at radius 3 is 2.33 bits per heavy atom. The molecule has 3 rings (SSSR count). The highest BCUT2D eigenvalue weighted by molar-refractivity contribution is 6.41. The van der Waals surface area contributed by atoms with Crippen molar-refractivity contribution < 1.29 is 4.79 Å². The second-order valence-corrected chi connectivity index (χ2v) is 5.68. The van der Waals surface area contributed by atoms with Gasteiger partial charge in [0.05, 0.1) is 16.9 Å². The number of hydrogen-bond donors (Lipinski definition) is 1. The zero-order chi connectivity index (χ0) is 17.1. The fourth-order valence-electron chi connectivity index (χ4n) is 2.08. The third-order valence-electron chi connectivity index (χ3n) is 3.28. The van der Waals surface area contributed by atoms with E-state index in [2.05, 4.69) is 10.4 Å². The fraction of sp³-hybridized carbons (Fsp3) is 0. The van der Waals surface area contributed by atoms with Crippen LogP contribution in [0.25, 0.3) is 5.69 Å². The van der Waals surface area contributed by atoms with Crippen molar-refractivity contribution in [3.63, 3.8) is 0 Å². The third kappa shape index (κ3) is 3.32. The summed E-state index contributed by atoms with van der Waals surface area (Å²) in [4.78, 5) is 24.2. The maximum atomic E-state index is 12.2. The molecule has 1 aromatic heterocycles. The van der Waals surface area contributed by atoms with Gasteiger partial charge in [0.15, 0.2) is 0 Å². The number of carbonyl (C=O) groups excluding carboxylic acids is 1. The van der Waals surface area contributed by atoms with Crippen LogP contribution < -0.4 is 10.9 Å². The van der Waals surface area contributed by atoms with Crippen LogP contribution in [-0.4, -0.2) is 15.7 Å². The number of amides is 1.